The zero-order valence-electron chi connectivity index (χ0n) is 22.2. The van der Waals surface area contributed by atoms with Crippen molar-refractivity contribution in [3.8, 4) is 0 Å². The largest absolute Gasteiger partial charge is 0.463 e. The molecule has 210 valence electrons. The molecule has 0 N–H and O–H groups in total. The highest BCUT2D eigenvalue weighted by Gasteiger charge is 2.52. The summed E-state index contributed by atoms with van der Waals surface area (Å²) in [5.74, 6) is -1.15. The summed E-state index contributed by atoms with van der Waals surface area (Å²) in [7, 11) is 0. The number of rotatable bonds is 6. The van der Waals surface area contributed by atoms with Crippen molar-refractivity contribution in [3.05, 3.63) is 47.0 Å². The van der Waals surface area contributed by atoms with Crippen molar-refractivity contribution in [3.63, 3.8) is 0 Å². The van der Waals surface area contributed by atoms with Gasteiger partial charge in [-0.05, 0) is 35.6 Å². The van der Waals surface area contributed by atoms with Gasteiger partial charge >= 0.3 is 17.9 Å². The third kappa shape index (κ3) is 4.75. The number of hydrogen-bond acceptors (Lipinski definition) is 11. The van der Waals surface area contributed by atoms with Gasteiger partial charge in [0.25, 0.3) is 0 Å². The standard InChI is InChI=1S/C27H28ClN5O7/c1-14(34)37-10-19-21(38-15(2)35)22(39-16(3)36)25(40-19)33-13-29-20-23(30-26(28)31-24(20)33)32-11-27(12-32)8-17-6-4-5-7-18(17)9-27/h4-7,13,19,21-22,25H,8-12H2,1-3H3/t19-,21-,22-,25-/m1/s1. The Labute approximate surface area is 234 Å². The molecular formula is C27H28ClN5O7. The molecule has 1 spiro atoms. The summed E-state index contributed by atoms with van der Waals surface area (Å²) in [5, 5.41) is 0.0231. The van der Waals surface area contributed by atoms with Crippen LogP contribution in [0.4, 0.5) is 5.82 Å². The lowest BCUT2D eigenvalue weighted by Crippen LogP contribution is -2.57. The maximum atomic E-state index is 12.0. The Morgan fingerprint density at radius 3 is 2.27 bits per heavy atom. The summed E-state index contributed by atoms with van der Waals surface area (Å²) >= 11 is 6.40. The average molecular weight is 570 g/mol. The first-order chi connectivity index (χ1) is 19.1. The Hall–Kier alpha value is -3.77. The Morgan fingerprint density at radius 2 is 1.65 bits per heavy atom. The molecule has 0 unspecified atom stereocenters. The summed E-state index contributed by atoms with van der Waals surface area (Å²) in [6.45, 7) is 5.11. The molecule has 2 saturated heterocycles. The molecule has 1 aliphatic carbocycles. The zero-order chi connectivity index (χ0) is 28.2. The maximum Gasteiger partial charge on any atom is 0.303 e. The minimum atomic E-state index is -1.07. The third-order valence-corrected chi connectivity index (χ3v) is 7.76. The average Bonchev–Trinajstić information content (AvgIpc) is 3.55. The number of ether oxygens (including phenoxy) is 4. The second kappa shape index (κ2) is 10.0. The third-order valence-electron chi connectivity index (χ3n) is 7.59. The number of nitrogens with zero attached hydrogens (tertiary/aromatic N) is 5. The van der Waals surface area contributed by atoms with Crippen LogP contribution in [0, 0.1) is 5.41 Å². The molecule has 1 aromatic carbocycles. The number of hydrogen-bond donors (Lipinski definition) is 0. The van der Waals surface area contributed by atoms with Crippen LogP contribution in [0.5, 0.6) is 0 Å². The van der Waals surface area contributed by atoms with Gasteiger partial charge in [0.15, 0.2) is 35.4 Å². The normalized spacial score (nSPS) is 24.6. The van der Waals surface area contributed by atoms with E-state index in [9.17, 15) is 14.4 Å². The first kappa shape index (κ1) is 26.5. The van der Waals surface area contributed by atoms with Gasteiger partial charge in [0.1, 0.15) is 12.7 Å². The van der Waals surface area contributed by atoms with Crippen LogP contribution in [-0.2, 0) is 46.2 Å². The lowest BCUT2D eigenvalue weighted by Gasteiger charge is -2.49. The van der Waals surface area contributed by atoms with Crippen molar-refractivity contribution in [1.29, 1.82) is 0 Å². The lowest BCUT2D eigenvalue weighted by atomic mass is 9.77. The summed E-state index contributed by atoms with van der Waals surface area (Å²) < 4.78 is 23.9. The van der Waals surface area contributed by atoms with Gasteiger partial charge in [-0.25, -0.2) is 4.98 Å². The van der Waals surface area contributed by atoms with E-state index in [-0.39, 0.29) is 17.3 Å². The van der Waals surface area contributed by atoms with Crippen LogP contribution in [0.25, 0.3) is 11.2 Å². The smallest absolute Gasteiger partial charge is 0.303 e. The summed E-state index contributed by atoms with van der Waals surface area (Å²) in [6, 6.07) is 8.53. The van der Waals surface area contributed by atoms with Gasteiger partial charge < -0.3 is 23.8 Å². The predicted octanol–water partition coefficient (Wildman–Crippen LogP) is 2.41. The number of benzene rings is 1. The van der Waals surface area contributed by atoms with Gasteiger partial charge in [-0.1, -0.05) is 24.3 Å². The molecule has 40 heavy (non-hydrogen) atoms. The quantitative estimate of drug-likeness (QED) is 0.246. The van der Waals surface area contributed by atoms with Gasteiger partial charge in [-0.15, -0.1) is 0 Å². The van der Waals surface area contributed by atoms with Crippen LogP contribution in [0.2, 0.25) is 5.28 Å². The fourth-order valence-electron chi connectivity index (χ4n) is 6.11. The molecule has 0 saturated carbocycles. The van der Waals surface area contributed by atoms with Gasteiger partial charge in [-0.2, -0.15) is 9.97 Å². The van der Waals surface area contributed by atoms with Crippen molar-refractivity contribution < 1.29 is 33.3 Å². The number of carbonyl (C=O) groups excluding carboxylic acids is 3. The molecule has 2 fully saturated rings. The highest BCUT2D eigenvalue weighted by Crippen LogP contribution is 2.46. The molecule has 3 aromatic rings. The molecule has 12 nitrogen and oxygen atoms in total. The van der Waals surface area contributed by atoms with Crippen molar-refractivity contribution in [2.24, 2.45) is 5.41 Å². The molecular weight excluding hydrogens is 542 g/mol. The second-order valence-electron chi connectivity index (χ2n) is 10.6. The molecule has 13 heteroatoms. The first-order valence-corrected chi connectivity index (χ1v) is 13.4. The first-order valence-electron chi connectivity index (χ1n) is 13.0. The minimum Gasteiger partial charge on any atom is -0.463 e. The van der Waals surface area contributed by atoms with Crippen LogP contribution in [0.3, 0.4) is 0 Å². The van der Waals surface area contributed by atoms with Crippen LogP contribution in [-0.4, -0.2) is 75.4 Å². The molecule has 3 aliphatic rings. The topological polar surface area (TPSA) is 135 Å². The number of anilines is 1. The molecule has 2 aliphatic heterocycles. The van der Waals surface area contributed by atoms with E-state index in [0.29, 0.717) is 17.0 Å². The number of carbonyl (C=O) groups is 3. The lowest BCUT2D eigenvalue weighted by molar-refractivity contribution is -0.166. The van der Waals surface area contributed by atoms with E-state index in [2.05, 4.69) is 44.1 Å². The summed E-state index contributed by atoms with van der Waals surface area (Å²) in [6.07, 6.45) is -0.491. The number of fused-ring (bicyclic) bond motifs is 2. The van der Waals surface area contributed by atoms with Crippen molar-refractivity contribution in [2.75, 3.05) is 24.6 Å². The van der Waals surface area contributed by atoms with E-state index >= 15 is 0 Å². The van der Waals surface area contributed by atoms with E-state index in [1.54, 1.807) is 4.57 Å². The molecule has 4 atom stereocenters. The predicted molar refractivity (Wildman–Crippen MR) is 140 cm³/mol. The van der Waals surface area contributed by atoms with Crippen LogP contribution < -0.4 is 4.90 Å². The SMILES string of the molecule is CC(=O)OC[C@H]1O[C@@H](n2cnc3c(N4CC5(Cc6ccccc6C5)C4)nc(Cl)nc32)[C@H](OC(C)=O)[C@@H]1OC(C)=O. The second-order valence-corrected chi connectivity index (χ2v) is 11.0. The van der Waals surface area contributed by atoms with E-state index in [1.165, 1.54) is 38.2 Å². The highest BCUT2D eigenvalue weighted by atomic mass is 35.5. The summed E-state index contributed by atoms with van der Waals surface area (Å²) in [5.41, 5.74) is 3.79. The number of halogens is 1. The van der Waals surface area contributed by atoms with E-state index < -0.39 is 42.4 Å². The molecule has 6 rings (SSSR count). The Balaban J connectivity index is 1.31. The Kier molecular flexibility index (Phi) is 6.62. The van der Waals surface area contributed by atoms with E-state index in [1.807, 2.05) is 0 Å². The van der Waals surface area contributed by atoms with Gasteiger partial charge in [-0.3, -0.25) is 19.0 Å². The Bertz CT molecular complexity index is 1480. The molecule has 2 aromatic heterocycles. The number of esters is 3. The monoisotopic (exact) mass is 569 g/mol. The van der Waals surface area contributed by atoms with Gasteiger partial charge in [0.05, 0.1) is 6.33 Å². The number of aromatic nitrogens is 4. The van der Waals surface area contributed by atoms with E-state index in [0.717, 1.165) is 25.9 Å². The van der Waals surface area contributed by atoms with Crippen LogP contribution >= 0.6 is 11.6 Å². The van der Waals surface area contributed by atoms with Gasteiger partial charge in [0.2, 0.25) is 5.28 Å². The maximum absolute atomic E-state index is 12.0. The molecule has 0 radical (unpaired) electrons. The van der Waals surface area contributed by atoms with Crippen LogP contribution in [0.1, 0.15) is 38.1 Å². The number of imidazole rings is 1. The van der Waals surface area contributed by atoms with Crippen LogP contribution in [0.15, 0.2) is 30.6 Å². The summed E-state index contributed by atoms with van der Waals surface area (Å²) in [4.78, 5) is 51.1. The zero-order valence-corrected chi connectivity index (χ0v) is 23.0. The Morgan fingerprint density at radius 1 is 1.00 bits per heavy atom. The van der Waals surface area contributed by atoms with Gasteiger partial charge in [0, 0.05) is 39.3 Å². The van der Waals surface area contributed by atoms with E-state index in [4.69, 9.17) is 30.5 Å². The highest BCUT2D eigenvalue weighted by molar-refractivity contribution is 6.28. The van der Waals surface area contributed by atoms with Crippen molar-refractivity contribution >= 4 is 46.5 Å². The van der Waals surface area contributed by atoms with Crippen molar-refractivity contribution in [1.82, 2.24) is 19.5 Å². The van der Waals surface area contributed by atoms with Crippen molar-refractivity contribution in [2.45, 2.75) is 58.2 Å². The molecule has 0 amide bonds. The molecule has 0 bridgehead atoms. The fourth-order valence-corrected chi connectivity index (χ4v) is 6.27. The minimum absolute atomic E-state index is 0.0231. The molecule has 4 heterocycles. The fraction of sp³-hybridized carbons (Fsp3) is 0.481.